The lowest BCUT2D eigenvalue weighted by molar-refractivity contribution is -0.117. The average Bonchev–Trinajstić information content (AvgIpc) is 2.64. The number of nitrogens with zero attached hydrogens (tertiary/aromatic N) is 2. The van der Waals surface area contributed by atoms with Crippen molar-refractivity contribution in [2.24, 2.45) is 5.92 Å². The number of halogens is 2. The van der Waals surface area contributed by atoms with Crippen LogP contribution >= 0.6 is 27.5 Å². The fourth-order valence-electron chi connectivity index (χ4n) is 1.67. The van der Waals surface area contributed by atoms with Gasteiger partial charge in [0.15, 0.2) is 0 Å². The molecule has 1 aromatic heterocycles. The van der Waals surface area contributed by atoms with E-state index >= 15 is 0 Å². The number of carbonyl (C=O) groups is 1. The van der Waals surface area contributed by atoms with Gasteiger partial charge in [-0.25, -0.2) is 4.98 Å². The van der Waals surface area contributed by atoms with Gasteiger partial charge >= 0.3 is 0 Å². The van der Waals surface area contributed by atoms with Crippen molar-refractivity contribution in [3.05, 3.63) is 34.4 Å². The standard InChI is InChI=1S/C11H10BrClN2O/c1-2-7-3-11(16)15(6-7)10-4-8(12)9(13)5-14-10/h2,4-5,7H,1,3,6H2. The summed E-state index contributed by atoms with van der Waals surface area (Å²) in [6, 6.07) is 1.76. The van der Waals surface area contributed by atoms with Crippen molar-refractivity contribution in [1.82, 2.24) is 4.98 Å². The van der Waals surface area contributed by atoms with Crippen molar-refractivity contribution < 1.29 is 4.79 Å². The molecule has 5 heteroatoms. The largest absolute Gasteiger partial charge is 0.296 e. The van der Waals surface area contributed by atoms with Crippen molar-refractivity contribution in [3.63, 3.8) is 0 Å². The van der Waals surface area contributed by atoms with Gasteiger partial charge in [0, 0.05) is 29.6 Å². The first-order valence-electron chi connectivity index (χ1n) is 4.85. The van der Waals surface area contributed by atoms with Crippen molar-refractivity contribution in [2.75, 3.05) is 11.4 Å². The summed E-state index contributed by atoms with van der Waals surface area (Å²) in [6.45, 7) is 4.35. The fraction of sp³-hybridized carbons (Fsp3) is 0.273. The molecule has 3 nitrogen and oxygen atoms in total. The molecule has 1 amide bonds. The first-order valence-corrected chi connectivity index (χ1v) is 6.03. The van der Waals surface area contributed by atoms with E-state index in [4.69, 9.17) is 11.6 Å². The van der Waals surface area contributed by atoms with E-state index < -0.39 is 0 Å². The molecule has 0 spiro atoms. The zero-order valence-corrected chi connectivity index (χ0v) is 10.8. The van der Waals surface area contributed by atoms with Gasteiger partial charge in [0.2, 0.25) is 5.91 Å². The summed E-state index contributed by atoms with van der Waals surface area (Å²) < 4.78 is 0.744. The predicted octanol–water partition coefficient (Wildman–Crippen LogP) is 3.04. The van der Waals surface area contributed by atoms with Gasteiger partial charge in [-0.05, 0) is 22.0 Å². The Balaban J connectivity index is 2.27. The fourth-order valence-corrected chi connectivity index (χ4v) is 2.08. The summed E-state index contributed by atoms with van der Waals surface area (Å²) in [4.78, 5) is 17.5. The summed E-state index contributed by atoms with van der Waals surface area (Å²) in [5.41, 5.74) is 0. The van der Waals surface area contributed by atoms with Gasteiger partial charge in [0.05, 0.1) is 5.02 Å². The van der Waals surface area contributed by atoms with Crippen molar-refractivity contribution in [2.45, 2.75) is 6.42 Å². The van der Waals surface area contributed by atoms with Gasteiger partial charge < -0.3 is 0 Å². The number of carbonyl (C=O) groups excluding carboxylic acids is 1. The van der Waals surface area contributed by atoms with Crippen molar-refractivity contribution in [3.8, 4) is 0 Å². The molecule has 2 rings (SSSR count). The number of anilines is 1. The summed E-state index contributed by atoms with van der Waals surface area (Å²) in [5, 5.41) is 0.538. The second-order valence-corrected chi connectivity index (χ2v) is 4.92. The lowest BCUT2D eigenvalue weighted by atomic mass is 10.1. The highest BCUT2D eigenvalue weighted by atomic mass is 79.9. The minimum absolute atomic E-state index is 0.0756. The minimum atomic E-state index is 0.0756. The molecule has 1 fully saturated rings. The predicted molar refractivity (Wildman–Crippen MR) is 67.6 cm³/mol. The molecule has 1 unspecified atom stereocenters. The van der Waals surface area contributed by atoms with Crippen LogP contribution in [0.15, 0.2) is 29.4 Å². The summed E-state index contributed by atoms with van der Waals surface area (Å²) in [7, 11) is 0. The van der Waals surface area contributed by atoms with E-state index in [1.807, 2.05) is 6.08 Å². The molecule has 0 bridgehead atoms. The van der Waals surface area contributed by atoms with E-state index in [1.54, 1.807) is 11.0 Å². The number of rotatable bonds is 2. The second kappa shape index (κ2) is 4.55. The first kappa shape index (κ1) is 11.6. The van der Waals surface area contributed by atoms with E-state index in [0.29, 0.717) is 23.8 Å². The third-order valence-corrected chi connectivity index (χ3v) is 3.74. The number of hydrogen-bond donors (Lipinski definition) is 0. The van der Waals surface area contributed by atoms with Crippen LogP contribution in [-0.2, 0) is 4.79 Å². The molecule has 2 heterocycles. The zero-order chi connectivity index (χ0) is 11.7. The first-order chi connectivity index (χ1) is 7.61. The summed E-state index contributed by atoms with van der Waals surface area (Å²) in [6.07, 6.45) is 3.85. The maximum atomic E-state index is 11.7. The third kappa shape index (κ3) is 2.13. The van der Waals surface area contributed by atoms with Crippen LogP contribution in [0.1, 0.15) is 6.42 Å². The molecule has 0 radical (unpaired) electrons. The van der Waals surface area contributed by atoms with Crippen LogP contribution in [0.4, 0.5) is 5.82 Å². The van der Waals surface area contributed by atoms with Gasteiger partial charge in [-0.2, -0.15) is 0 Å². The zero-order valence-electron chi connectivity index (χ0n) is 8.49. The Hall–Kier alpha value is -0.870. The van der Waals surface area contributed by atoms with Crippen LogP contribution in [0, 0.1) is 5.92 Å². The second-order valence-electron chi connectivity index (χ2n) is 3.66. The molecule has 0 saturated carbocycles. The molecule has 0 aromatic carbocycles. The SMILES string of the molecule is C=CC1CC(=O)N(c2cc(Br)c(Cl)cn2)C1. The Bertz CT molecular complexity index is 450. The number of hydrogen-bond acceptors (Lipinski definition) is 2. The van der Waals surface area contributed by atoms with Crippen molar-refractivity contribution >= 4 is 39.3 Å². The van der Waals surface area contributed by atoms with Gasteiger partial charge in [0.25, 0.3) is 0 Å². The molecule has 1 aliphatic heterocycles. The van der Waals surface area contributed by atoms with E-state index in [-0.39, 0.29) is 11.8 Å². The van der Waals surface area contributed by atoms with Gasteiger partial charge in [0.1, 0.15) is 5.82 Å². The Morgan fingerprint density at radius 1 is 1.69 bits per heavy atom. The van der Waals surface area contributed by atoms with E-state index in [2.05, 4.69) is 27.5 Å². The maximum Gasteiger partial charge on any atom is 0.228 e. The lowest BCUT2D eigenvalue weighted by Crippen LogP contribution is -2.25. The smallest absolute Gasteiger partial charge is 0.228 e. The van der Waals surface area contributed by atoms with Gasteiger partial charge in [-0.3, -0.25) is 9.69 Å². The van der Waals surface area contributed by atoms with E-state index in [1.165, 1.54) is 6.20 Å². The highest BCUT2D eigenvalue weighted by Crippen LogP contribution is 2.29. The summed E-state index contributed by atoms with van der Waals surface area (Å²) >= 11 is 9.17. The van der Waals surface area contributed by atoms with Crippen LogP contribution in [0.3, 0.4) is 0 Å². The molecule has 84 valence electrons. The minimum Gasteiger partial charge on any atom is -0.296 e. The van der Waals surface area contributed by atoms with Gasteiger partial charge in [-0.1, -0.05) is 17.7 Å². The topological polar surface area (TPSA) is 33.2 Å². The number of aromatic nitrogens is 1. The average molecular weight is 302 g/mol. The lowest BCUT2D eigenvalue weighted by Gasteiger charge is -2.15. The Kier molecular flexibility index (Phi) is 3.30. The monoisotopic (exact) mass is 300 g/mol. The number of amides is 1. The Labute approximate surface area is 107 Å². The van der Waals surface area contributed by atoms with Crippen LogP contribution in [0.5, 0.6) is 0 Å². The van der Waals surface area contributed by atoms with Crippen LogP contribution in [-0.4, -0.2) is 17.4 Å². The highest BCUT2D eigenvalue weighted by Gasteiger charge is 2.29. The molecule has 1 aliphatic rings. The van der Waals surface area contributed by atoms with E-state index in [9.17, 15) is 4.79 Å². The quantitative estimate of drug-likeness (QED) is 0.787. The van der Waals surface area contributed by atoms with Gasteiger partial charge in [-0.15, -0.1) is 6.58 Å². The Morgan fingerprint density at radius 2 is 2.44 bits per heavy atom. The van der Waals surface area contributed by atoms with Crippen LogP contribution in [0.25, 0.3) is 0 Å². The molecule has 16 heavy (non-hydrogen) atoms. The molecule has 0 aliphatic carbocycles. The molecule has 0 N–H and O–H groups in total. The summed E-state index contributed by atoms with van der Waals surface area (Å²) in [5.74, 6) is 0.918. The molecule has 1 aromatic rings. The molecular weight excluding hydrogens is 291 g/mol. The molecule has 1 atom stereocenters. The highest BCUT2D eigenvalue weighted by molar-refractivity contribution is 9.10. The van der Waals surface area contributed by atoms with Crippen LogP contribution < -0.4 is 4.90 Å². The molecule has 1 saturated heterocycles. The van der Waals surface area contributed by atoms with Crippen LogP contribution in [0.2, 0.25) is 5.02 Å². The normalized spacial score (nSPS) is 20.2. The van der Waals surface area contributed by atoms with Crippen molar-refractivity contribution in [1.29, 1.82) is 0 Å². The van der Waals surface area contributed by atoms with E-state index in [0.717, 1.165) is 4.47 Å². The third-order valence-electron chi connectivity index (χ3n) is 2.56. The Morgan fingerprint density at radius 3 is 3.00 bits per heavy atom. The number of pyridine rings is 1. The molecular formula is C11H10BrClN2O. The maximum absolute atomic E-state index is 11.7.